The lowest BCUT2D eigenvalue weighted by atomic mass is 10.1. The Hall–Kier alpha value is -0.190. The van der Waals surface area contributed by atoms with Crippen LogP contribution in [0.5, 0.6) is 0 Å². The predicted octanol–water partition coefficient (Wildman–Crippen LogP) is 3.69. The van der Waals surface area contributed by atoms with Crippen LogP contribution in [0.4, 0.5) is 5.69 Å². The number of anilines is 1. The lowest BCUT2D eigenvalue weighted by Gasteiger charge is -2.28. The maximum Gasteiger partial charge on any atom is 0.0762 e. The van der Waals surface area contributed by atoms with Gasteiger partial charge in [0.1, 0.15) is 0 Å². The van der Waals surface area contributed by atoms with E-state index in [1.807, 2.05) is 23.9 Å². The zero-order chi connectivity index (χ0) is 13.0. The molecule has 1 N–H and O–H groups in total. The second-order valence-corrected chi connectivity index (χ2v) is 6.07. The SMILES string of the molecule is CSCC(C)N(C)c1ccc(C(C)O)cc1Br. The first-order valence-corrected chi connectivity index (χ1v) is 7.85. The molecule has 0 heterocycles. The van der Waals surface area contributed by atoms with Crippen molar-refractivity contribution in [1.29, 1.82) is 0 Å². The first-order chi connectivity index (χ1) is 7.97. The molecule has 17 heavy (non-hydrogen) atoms. The van der Waals surface area contributed by atoms with Gasteiger partial charge in [-0.15, -0.1) is 0 Å². The molecule has 0 fully saturated rings. The molecule has 0 aliphatic carbocycles. The van der Waals surface area contributed by atoms with Crippen molar-refractivity contribution < 1.29 is 5.11 Å². The number of thioether (sulfide) groups is 1. The van der Waals surface area contributed by atoms with Crippen LogP contribution in [0.1, 0.15) is 25.5 Å². The van der Waals surface area contributed by atoms with Crippen molar-refractivity contribution >= 4 is 33.4 Å². The van der Waals surface area contributed by atoms with E-state index in [4.69, 9.17) is 0 Å². The van der Waals surface area contributed by atoms with Gasteiger partial charge < -0.3 is 10.0 Å². The highest BCUT2D eigenvalue weighted by molar-refractivity contribution is 9.10. The molecule has 0 aliphatic rings. The molecule has 96 valence electrons. The van der Waals surface area contributed by atoms with Crippen molar-refractivity contribution in [3.05, 3.63) is 28.2 Å². The molecule has 0 bridgehead atoms. The molecule has 0 aromatic heterocycles. The Morgan fingerprint density at radius 2 is 2.06 bits per heavy atom. The van der Waals surface area contributed by atoms with Gasteiger partial charge in [-0.2, -0.15) is 11.8 Å². The molecule has 2 nitrogen and oxygen atoms in total. The Kier molecular flexibility index (Phi) is 5.83. The van der Waals surface area contributed by atoms with Gasteiger partial charge in [-0.05, 0) is 53.7 Å². The van der Waals surface area contributed by atoms with Gasteiger partial charge in [0.05, 0.1) is 11.8 Å². The Morgan fingerprint density at radius 3 is 2.53 bits per heavy atom. The van der Waals surface area contributed by atoms with E-state index in [2.05, 4.69) is 47.1 Å². The van der Waals surface area contributed by atoms with Gasteiger partial charge in [0.25, 0.3) is 0 Å². The van der Waals surface area contributed by atoms with Gasteiger partial charge in [-0.3, -0.25) is 0 Å². The predicted molar refractivity (Wildman–Crippen MR) is 81.0 cm³/mol. The Labute approximate surface area is 117 Å². The largest absolute Gasteiger partial charge is 0.389 e. The fraction of sp³-hybridized carbons (Fsp3) is 0.538. The van der Waals surface area contributed by atoms with Gasteiger partial charge in [-0.25, -0.2) is 0 Å². The summed E-state index contributed by atoms with van der Waals surface area (Å²) in [4.78, 5) is 2.26. The van der Waals surface area contributed by atoms with Crippen molar-refractivity contribution in [3.8, 4) is 0 Å². The Balaban J connectivity index is 2.91. The minimum Gasteiger partial charge on any atom is -0.389 e. The van der Waals surface area contributed by atoms with E-state index in [0.717, 1.165) is 21.5 Å². The fourth-order valence-corrected chi connectivity index (χ4v) is 3.04. The molecule has 0 aliphatic heterocycles. The number of rotatable bonds is 5. The van der Waals surface area contributed by atoms with E-state index in [1.165, 1.54) is 0 Å². The Morgan fingerprint density at radius 1 is 1.41 bits per heavy atom. The first kappa shape index (κ1) is 14.9. The third-order valence-electron chi connectivity index (χ3n) is 2.90. The molecule has 2 unspecified atom stereocenters. The van der Waals surface area contributed by atoms with E-state index in [9.17, 15) is 5.11 Å². The van der Waals surface area contributed by atoms with E-state index >= 15 is 0 Å². The van der Waals surface area contributed by atoms with E-state index < -0.39 is 6.10 Å². The van der Waals surface area contributed by atoms with Gasteiger partial charge in [0, 0.05) is 23.3 Å². The number of aliphatic hydroxyl groups is 1. The van der Waals surface area contributed by atoms with Crippen LogP contribution in [0.2, 0.25) is 0 Å². The lowest BCUT2D eigenvalue weighted by molar-refractivity contribution is 0.199. The smallest absolute Gasteiger partial charge is 0.0762 e. The third-order valence-corrected chi connectivity index (χ3v) is 4.35. The third kappa shape index (κ3) is 3.90. The molecule has 1 aromatic carbocycles. The molecule has 1 aromatic rings. The van der Waals surface area contributed by atoms with Crippen molar-refractivity contribution in [2.45, 2.75) is 26.0 Å². The number of nitrogens with zero attached hydrogens (tertiary/aromatic N) is 1. The van der Waals surface area contributed by atoms with E-state index in [1.54, 1.807) is 6.92 Å². The standard InChI is InChI=1S/C13H20BrNOS/c1-9(8-17-4)15(3)13-6-5-11(10(2)16)7-12(13)14/h5-7,9-10,16H,8H2,1-4H3. The first-order valence-electron chi connectivity index (χ1n) is 5.66. The minimum absolute atomic E-state index is 0.422. The van der Waals surface area contributed by atoms with Gasteiger partial charge in [0.2, 0.25) is 0 Å². The quantitative estimate of drug-likeness (QED) is 0.896. The molecular formula is C13H20BrNOS. The maximum atomic E-state index is 9.53. The van der Waals surface area contributed by atoms with Crippen molar-refractivity contribution in [3.63, 3.8) is 0 Å². The molecular weight excluding hydrogens is 298 g/mol. The van der Waals surface area contributed by atoms with Crippen LogP contribution < -0.4 is 4.90 Å². The number of aliphatic hydroxyl groups excluding tert-OH is 1. The maximum absolute atomic E-state index is 9.53. The van der Waals surface area contributed by atoms with Gasteiger partial charge in [0.15, 0.2) is 0 Å². The summed E-state index contributed by atoms with van der Waals surface area (Å²) < 4.78 is 1.03. The second kappa shape index (κ2) is 6.66. The normalized spacial score (nSPS) is 14.5. The summed E-state index contributed by atoms with van der Waals surface area (Å²) in [5.74, 6) is 1.10. The molecule has 0 saturated carbocycles. The van der Waals surface area contributed by atoms with E-state index in [-0.39, 0.29) is 0 Å². The van der Waals surface area contributed by atoms with Crippen LogP contribution in [0.25, 0.3) is 0 Å². The zero-order valence-electron chi connectivity index (χ0n) is 10.8. The van der Waals surface area contributed by atoms with Crippen molar-refractivity contribution in [1.82, 2.24) is 0 Å². The summed E-state index contributed by atoms with van der Waals surface area (Å²) in [5.41, 5.74) is 2.10. The highest BCUT2D eigenvalue weighted by atomic mass is 79.9. The second-order valence-electron chi connectivity index (χ2n) is 4.30. The van der Waals surface area contributed by atoms with Crippen LogP contribution in [0, 0.1) is 0 Å². The molecule has 4 heteroatoms. The highest BCUT2D eigenvalue weighted by Gasteiger charge is 2.13. The zero-order valence-corrected chi connectivity index (χ0v) is 13.2. The van der Waals surface area contributed by atoms with Crippen LogP contribution in [-0.4, -0.2) is 30.2 Å². The summed E-state index contributed by atoms with van der Waals surface area (Å²) >= 11 is 5.43. The topological polar surface area (TPSA) is 23.5 Å². The van der Waals surface area contributed by atoms with Crippen LogP contribution >= 0.6 is 27.7 Å². The average molecular weight is 318 g/mol. The highest BCUT2D eigenvalue weighted by Crippen LogP contribution is 2.30. The fourth-order valence-electron chi connectivity index (χ4n) is 1.66. The summed E-state index contributed by atoms with van der Waals surface area (Å²) in [5, 5.41) is 9.53. The van der Waals surface area contributed by atoms with Gasteiger partial charge in [-0.1, -0.05) is 6.07 Å². The van der Waals surface area contributed by atoms with Gasteiger partial charge >= 0.3 is 0 Å². The van der Waals surface area contributed by atoms with Crippen LogP contribution in [0.15, 0.2) is 22.7 Å². The Bertz CT molecular complexity index is 370. The van der Waals surface area contributed by atoms with E-state index in [0.29, 0.717) is 6.04 Å². The summed E-state index contributed by atoms with van der Waals surface area (Å²) in [7, 11) is 2.10. The summed E-state index contributed by atoms with van der Waals surface area (Å²) in [6.07, 6.45) is 1.70. The average Bonchev–Trinajstić information content (AvgIpc) is 2.28. The van der Waals surface area contributed by atoms with Crippen LogP contribution in [-0.2, 0) is 0 Å². The lowest BCUT2D eigenvalue weighted by Crippen LogP contribution is -2.31. The number of halogens is 1. The number of benzene rings is 1. The summed E-state index contributed by atoms with van der Waals surface area (Å²) in [6.45, 7) is 3.99. The summed E-state index contributed by atoms with van der Waals surface area (Å²) in [6, 6.07) is 6.51. The monoisotopic (exact) mass is 317 g/mol. The molecule has 0 amide bonds. The number of hydrogen-bond acceptors (Lipinski definition) is 3. The molecule has 0 saturated heterocycles. The van der Waals surface area contributed by atoms with Crippen LogP contribution in [0.3, 0.4) is 0 Å². The molecule has 0 radical (unpaired) electrons. The molecule has 1 rings (SSSR count). The van der Waals surface area contributed by atoms with Crippen molar-refractivity contribution in [2.24, 2.45) is 0 Å². The number of hydrogen-bond donors (Lipinski definition) is 1. The van der Waals surface area contributed by atoms with Crippen molar-refractivity contribution in [2.75, 3.05) is 24.0 Å². The minimum atomic E-state index is -0.422. The molecule has 2 atom stereocenters. The molecule has 0 spiro atoms.